The molecule has 11 nitrogen and oxygen atoms in total. The van der Waals surface area contributed by atoms with E-state index in [1.54, 1.807) is 0 Å². The molecule has 9 atom stereocenters. The molecule has 2 fully saturated rings. The largest absolute Gasteiger partial charge is 0.394 e. The van der Waals surface area contributed by atoms with Crippen LogP contribution < -0.4 is 0 Å². The van der Waals surface area contributed by atoms with Crippen molar-refractivity contribution in [1.82, 2.24) is 0 Å². The first kappa shape index (κ1) is 18.9. The van der Waals surface area contributed by atoms with E-state index in [0.29, 0.717) is 0 Å². The van der Waals surface area contributed by atoms with Gasteiger partial charge in [0, 0.05) is 0 Å². The van der Waals surface area contributed by atoms with E-state index >= 15 is 0 Å². The fraction of sp³-hybridized carbons (Fsp3) is 1.00. The Labute approximate surface area is 130 Å². The summed E-state index contributed by atoms with van der Waals surface area (Å²) in [5.41, 5.74) is 0. The SMILES string of the molecule is OC[C@H]1O[C@H](O[C@]2(CO)O[C@H]([13CH2]O)[C@@H](O)[C@@H]2O)[C@H](O)[C@@H](O)[C@@H]1O. The minimum Gasteiger partial charge on any atom is -0.394 e. The quantitative estimate of drug-likeness (QED) is 0.222. The van der Waals surface area contributed by atoms with Gasteiger partial charge in [0.1, 0.15) is 49.3 Å². The van der Waals surface area contributed by atoms with Crippen molar-refractivity contribution < 1.29 is 55.1 Å². The fourth-order valence-electron chi connectivity index (χ4n) is 2.63. The summed E-state index contributed by atoms with van der Waals surface area (Å²) in [6.07, 6.45) is -12.7. The van der Waals surface area contributed by atoms with Crippen LogP contribution in [0, 0.1) is 0 Å². The van der Waals surface area contributed by atoms with Crippen molar-refractivity contribution >= 4 is 0 Å². The molecule has 2 saturated heterocycles. The van der Waals surface area contributed by atoms with Crippen LogP contribution in [-0.2, 0) is 14.2 Å². The molecule has 2 aliphatic rings. The Hall–Kier alpha value is -0.440. The summed E-state index contributed by atoms with van der Waals surface area (Å²) in [4.78, 5) is 0. The second-order valence-corrected chi connectivity index (χ2v) is 5.56. The van der Waals surface area contributed by atoms with E-state index in [1.807, 2.05) is 0 Å². The van der Waals surface area contributed by atoms with Crippen LogP contribution in [0.15, 0.2) is 0 Å². The number of aliphatic hydroxyl groups excluding tert-OH is 8. The number of hydrogen-bond acceptors (Lipinski definition) is 11. The van der Waals surface area contributed by atoms with Crippen molar-refractivity contribution in [1.29, 1.82) is 0 Å². The molecular formula is C12H22O11. The topological polar surface area (TPSA) is 190 Å². The van der Waals surface area contributed by atoms with Crippen molar-refractivity contribution in [3.8, 4) is 0 Å². The average molecular weight is 343 g/mol. The van der Waals surface area contributed by atoms with Gasteiger partial charge in [-0.2, -0.15) is 0 Å². The van der Waals surface area contributed by atoms with Gasteiger partial charge < -0.3 is 55.1 Å². The molecule has 0 bridgehead atoms. The molecule has 23 heavy (non-hydrogen) atoms. The molecule has 2 aliphatic heterocycles. The van der Waals surface area contributed by atoms with Gasteiger partial charge in [-0.15, -0.1) is 0 Å². The lowest BCUT2D eigenvalue weighted by atomic mass is 9.99. The molecule has 0 aromatic rings. The number of rotatable bonds is 5. The van der Waals surface area contributed by atoms with E-state index in [4.69, 9.17) is 24.4 Å². The maximum atomic E-state index is 10.00. The van der Waals surface area contributed by atoms with E-state index in [-0.39, 0.29) is 0 Å². The predicted octanol–water partition coefficient (Wildman–Crippen LogP) is -5.40. The molecule has 0 spiro atoms. The Morgan fingerprint density at radius 1 is 0.783 bits per heavy atom. The van der Waals surface area contributed by atoms with Gasteiger partial charge in [0.2, 0.25) is 5.79 Å². The fourth-order valence-corrected chi connectivity index (χ4v) is 2.63. The zero-order valence-corrected chi connectivity index (χ0v) is 12.0. The monoisotopic (exact) mass is 343 g/mol. The van der Waals surface area contributed by atoms with E-state index in [2.05, 4.69) is 0 Å². The molecule has 11 heteroatoms. The van der Waals surface area contributed by atoms with E-state index < -0.39 is 74.6 Å². The minimum atomic E-state index is -2.22. The second-order valence-electron chi connectivity index (χ2n) is 5.56. The van der Waals surface area contributed by atoms with Crippen LogP contribution in [0.3, 0.4) is 0 Å². The molecule has 0 saturated carbocycles. The Kier molecular flexibility index (Phi) is 5.92. The van der Waals surface area contributed by atoms with Crippen LogP contribution in [0.5, 0.6) is 0 Å². The normalized spacial score (nSPS) is 51.1. The van der Waals surface area contributed by atoms with Gasteiger partial charge in [0.05, 0.1) is 13.2 Å². The summed E-state index contributed by atoms with van der Waals surface area (Å²) in [5.74, 6) is -2.22. The standard InChI is InChI=1S/C12H22O11/c13-1-4-6(16)8(18)9(19)11(21-4)23-12(3-15)10(20)7(17)5(2-14)22-12/h4-11,13-20H,1-3H2/t4-,5-,6-,7-,8+,9-,10+,11-,12+/m1/s1/i2+1. The molecule has 136 valence electrons. The summed E-state index contributed by atoms with van der Waals surface area (Å²) >= 11 is 0. The smallest absolute Gasteiger partial charge is 0.224 e. The van der Waals surface area contributed by atoms with Gasteiger partial charge >= 0.3 is 0 Å². The lowest BCUT2D eigenvalue weighted by Gasteiger charge is -2.43. The van der Waals surface area contributed by atoms with Crippen LogP contribution in [-0.4, -0.2) is 115 Å². The summed E-state index contributed by atoms with van der Waals surface area (Å²) in [6, 6.07) is 0. The molecule has 0 amide bonds. The molecule has 0 aromatic carbocycles. The minimum absolute atomic E-state index is 0.669. The van der Waals surface area contributed by atoms with Crippen molar-refractivity contribution in [3.05, 3.63) is 0 Å². The van der Waals surface area contributed by atoms with Crippen LogP contribution in [0.2, 0.25) is 0 Å². The van der Waals surface area contributed by atoms with Gasteiger partial charge in [-0.25, -0.2) is 0 Å². The summed E-state index contributed by atoms with van der Waals surface area (Å²) in [5, 5.41) is 76.7. The highest BCUT2D eigenvalue weighted by Crippen LogP contribution is 2.35. The molecular weight excluding hydrogens is 321 g/mol. The number of ether oxygens (including phenoxy) is 3. The summed E-state index contributed by atoms with van der Waals surface area (Å²) < 4.78 is 15.4. The summed E-state index contributed by atoms with van der Waals surface area (Å²) in [7, 11) is 0. The lowest BCUT2D eigenvalue weighted by Crippen LogP contribution is -2.62. The molecule has 0 radical (unpaired) electrons. The third-order valence-electron chi connectivity index (χ3n) is 4.07. The van der Waals surface area contributed by atoms with Crippen LogP contribution in [0.1, 0.15) is 0 Å². The van der Waals surface area contributed by atoms with Crippen LogP contribution in [0.25, 0.3) is 0 Å². The highest BCUT2D eigenvalue weighted by molar-refractivity contribution is 4.98. The van der Waals surface area contributed by atoms with E-state index in [0.717, 1.165) is 0 Å². The molecule has 8 N–H and O–H groups in total. The van der Waals surface area contributed by atoms with Crippen molar-refractivity contribution in [2.24, 2.45) is 0 Å². The maximum Gasteiger partial charge on any atom is 0.224 e. The Morgan fingerprint density at radius 2 is 1.39 bits per heavy atom. The molecule has 0 aliphatic carbocycles. The van der Waals surface area contributed by atoms with E-state index in [1.165, 1.54) is 0 Å². The van der Waals surface area contributed by atoms with Gasteiger partial charge in [-0.05, 0) is 0 Å². The van der Waals surface area contributed by atoms with Gasteiger partial charge in [0.15, 0.2) is 6.29 Å². The third-order valence-corrected chi connectivity index (χ3v) is 4.07. The Morgan fingerprint density at radius 3 is 1.87 bits per heavy atom. The highest BCUT2D eigenvalue weighted by atomic mass is 16.8. The van der Waals surface area contributed by atoms with Crippen molar-refractivity contribution in [2.45, 2.75) is 54.8 Å². The number of hydrogen-bond donors (Lipinski definition) is 8. The van der Waals surface area contributed by atoms with Crippen molar-refractivity contribution in [3.63, 3.8) is 0 Å². The Balaban J connectivity index is 2.18. The van der Waals surface area contributed by atoms with Crippen LogP contribution in [0.4, 0.5) is 0 Å². The van der Waals surface area contributed by atoms with Gasteiger partial charge in [0.25, 0.3) is 0 Å². The maximum absolute atomic E-state index is 10.00. The second kappa shape index (κ2) is 7.21. The lowest BCUT2D eigenvalue weighted by molar-refractivity contribution is -0.383. The predicted molar refractivity (Wildman–Crippen MR) is 68.6 cm³/mol. The van der Waals surface area contributed by atoms with E-state index in [9.17, 15) is 30.6 Å². The van der Waals surface area contributed by atoms with Gasteiger partial charge in [-0.1, -0.05) is 0 Å². The molecule has 2 rings (SSSR count). The average Bonchev–Trinajstić information content (AvgIpc) is 2.80. The molecule has 2 heterocycles. The van der Waals surface area contributed by atoms with Crippen molar-refractivity contribution in [2.75, 3.05) is 19.8 Å². The first-order chi connectivity index (χ1) is 10.8. The number of aliphatic hydroxyl groups is 8. The highest BCUT2D eigenvalue weighted by Gasteiger charge is 2.58. The first-order valence-corrected chi connectivity index (χ1v) is 7.05. The Bertz CT molecular complexity index is 393. The van der Waals surface area contributed by atoms with Crippen LogP contribution >= 0.6 is 0 Å². The van der Waals surface area contributed by atoms with Gasteiger partial charge in [-0.3, -0.25) is 0 Å². The molecule has 0 unspecified atom stereocenters. The summed E-state index contributed by atoms with van der Waals surface area (Å²) in [6.45, 7) is -2.32. The zero-order chi connectivity index (χ0) is 17.4. The first-order valence-electron chi connectivity index (χ1n) is 7.05. The molecule has 0 aromatic heterocycles. The third kappa shape index (κ3) is 3.23. The zero-order valence-electron chi connectivity index (χ0n) is 12.0.